The van der Waals surface area contributed by atoms with E-state index in [2.05, 4.69) is 0 Å². The fourth-order valence-corrected chi connectivity index (χ4v) is 1.24. The molecule has 0 nitrogen and oxygen atoms in total. The van der Waals surface area contributed by atoms with Crippen LogP contribution in [0.3, 0.4) is 0 Å². The lowest BCUT2D eigenvalue weighted by Gasteiger charge is -2.28. The monoisotopic (exact) mass is 338 g/mol. The quantitative estimate of drug-likeness (QED) is 0.414. The van der Waals surface area contributed by atoms with Crippen LogP contribution in [0.4, 0.5) is 30.7 Å². The van der Waals surface area contributed by atoms with Crippen molar-refractivity contribution in [2.24, 2.45) is 0 Å². The zero-order chi connectivity index (χ0) is 11.8. The van der Waals surface area contributed by atoms with Crippen molar-refractivity contribution in [1.29, 1.82) is 0 Å². The van der Waals surface area contributed by atoms with Gasteiger partial charge in [-0.3, -0.25) is 0 Å². The Morgan fingerprint density at radius 1 is 1.00 bits per heavy atom. The standard InChI is InChI=1S/C6H6F7I/c1-3(14)2-4(7,8)5(9,10)6(11,12)13/h3H,2H2,1H3/t3-/m0/s1. The Hall–Kier alpha value is 0.240. The summed E-state index contributed by atoms with van der Waals surface area (Å²) in [4.78, 5) is 0. The number of hydrogen-bond acceptors (Lipinski definition) is 0. The zero-order valence-electron chi connectivity index (χ0n) is 6.81. The lowest BCUT2D eigenvalue weighted by atomic mass is 10.1. The first-order chi connectivity index (χ1) is 5.92. The minimum atomic E-state index is -6.22. The molecule has 1 atom stereocenters. The van der Waals surface area contributed by atoms with Crippen LogP contribution in [0.15, 0.2) is 0 Å². The third-order valence-corrected chi connectivity index (χ3v) is 1.79. The molecule has 0 heterocycles. The van der Waals surface area contributed by atoms with E-state index < -0.39 is 28.4 Å². The molecule has 0 aromatic rings. The van der Waals surface area contributed by atoms with E-state index in [1.54, 1.807) is 0 Å². The van der Waals surface area contributed by atoms with E-state index in [0.717, 1.165) is 6.92 Å². The van der Waals surface area contributed by atoms with Gasteiger partial charge in [0.25, 0.3) is 0 Å². The molecule has 0 aliphatic rings. The summed E-state index contributed by atoms with van der Waals surface area (Å²) in [5.74, 6) is -11.0. The molecule has 0 N–H and O–H groups in total. The lowest BCUT2D eigenvalue weighted by molar-refractivity contribution is -0.355. The second-order valence-corrected chi connectivity index (χ2v) is 4.89. The Bertz CT molecular complexity index is 195. The highest BCUT2D eigenvalue weighted by Crippen LogP contribution is 2.48. The van der Waals surface area contributed by atoms with Crippen molar-refractivity contribution in [3.8, 4) is 0 Å². The minimum absolute atomic E-state index is 0.976. The Morgan fingerprint density at radius 2 is 1.36 bits per heavy atom. The highest BCUT2D eigenvalue weighted by atomic mass is 127. The third kappa shape index (κ3) is 2.86. The van der Waals surface area contributed by atoms with Gasteiger partial charge in [-0.25, -0.2) is 0 Å². The lowest BCUT2D eigenvalue weighted by Crippen LogP contribution is -2.52. The van der Waals surface area contributed by atoms with Crippen LogP contribution in [0, 0.1) is 0 Å². The Kier molecular flexibility index (Phi) is 4.08. The van der Waals surface area contributed by atoms with Crippen molar-refractivity contribution < 1.29 is 30.7 Å². The SMILES string of the molecule is C[C@H](I)CC(F)(F)C(F)(F)C(F)(F)F. The maximum atomic E-state index is 12.5. The molecule has 0 aromatic heterocycles. The van der Waals surface area contributed by atoms with Crippen LogP contribution in [0.5, 0.6) is 0 Å². The van der Waals surface area contributed by atoms with Crippen LogP contribution in [0.25, 0.3) is 0 Å². The normalized spacial score (nSPS) is 16.9. The van der Waals surface area contributed by atoms with Crippen LogP contribution < -0.4 is 0 Å². The maximum absolute atomic E-state index is 12.5. The molecule has 0 saturated heterocycles. The van der Waals surface area contributed by atoms with E-state index in [1.165, 1.54) is 22.6 Å². The van der Waals surface area contributed by atoms with E-state index in [-0.39, 0.29) is 0 Å². The van der Waals surface area contributed by atoms with Gasteiger partial charge in [0.05, 0.1) is 0 Å². The third-order valence-electron chi connectivity index (χ3n) is 1.35. The Balaban J connectivity index is 4.88. The Labute approximate surface area is 89.0 Å². The molecule has 0 radical (unpaired) electrons. The van der Waals surface area contributed by atoms with Gasteiger partial charge in [0.1, 0.15) is 0 Å². The summed E-state index contributed by atoms with van der Waals surface area (Å²) in [6, 6.07) is 0. The van der Waals surface area contributed by atoms with Crippen molar-refractivity contribution in [2.45, 2.75) is 35.3 Å². The maximum Gasteiger partial charge on any atom is 0.459 e. The highest BCUT2D eigenvalue weighted by Gasteiger charge is 2.72. The second kappa shape index (κ2) is 4.01. The van der Waals surface area contributed by atoms with Crippen LogP contribution in [-0.4, -0.2) is 21.9 Å². The van der Waals surface area contributed by atoms with E-state index in [4.69, 9.17) is 0 Å². The molecule has 0 aromatic carbocycles. The molecular weight excluding hydrogens is 332 g/mol. The van der Waals surface area contributed by atoms with Gasteiger partial charge in [-0.05, 0) is 0 Å². The molecule has 0 unspecified atom stereocenters. The van der Waals surface area contributed by atoms with E-state index in [9.17, 15) is 30.7 Å². The molecule has 0 bridgehead atoms. The summed E-state index contributed by atoms with van der Waals surface area (Å²) in [7, 11) is 0. The van der Waals surface area contributed by atoms with Crippen LogP contribution >= 0.6 is 22.6 Å². The summed E-state index contributed by atoms with van der Waals surface area (Å²) >= 11 is 1.36. The summed E-state index contributed by atoms with van der Waals surface area (Å²) in [5.41, 5.74) is 0. The molecule has 0 aliphatic heterocycles. The van der Waals surface area contributed by atoms with Crippen molar-refractivity contribution >= 4 is 22.6 Å². The smallest absolute Gasteiger partial charge is 0.199 e. The average molecular weight is 338 g/mol. The first kappa shape index (κ1) is 14.2. The Morgan fingerprint density at radius 3 is 1.57 bits per heavy atom. The number of hydrogen-bond donors (Lipinski definition) is 0. The van der Waals surface area contributed by atoms with Crippen LogP contribution in [0.1, 0.15) is 13.3 Å². The fraction of sp³-hybridized carbons (Fsp3) is 1.00. The molecule has 0 spiro atoms. The zero-order valence-corrected chi connectivity index (χ0v) is 8.97. The van der Waals surface area contributed by atoms with Crippen molar-refractivity contribution in [3.63, 3.8) is 0 Å². The number of halogens is 8. The van der Waals surface area contributed by atoms with Crippen LogP contribution in [-0.2, 0) is 0 Å². The summed E-state index contributed by atoms with van der Waals surface area (Å²) in [6.07, 6.45) is -7.73. The van der Waals surface area contributed by atoms with E-state index in [0.29, 0.717) is 0 Å². The van der Waals surface area contributed by atoms with Gasteiger partial charge in [0.15, 0.2) is 0 Å². The first-order valence-electron chi connectivity index (χ1n) is 3.38. The number of alkyl halides is 8. The predicted octanol–water partition coefficient (Wildman–Crippen LogP) is 4.03. The van der Waals surface area contributed by atoms with Crippen molar-refractivity contribution in [1.82, 2.24) is 0 Å². The van der Waals surface area contributed by atoms with Crippen molar-refractivity contribution in [3.05, 3.63) is 0 Å². The molecule has 0 aliphatic carbocycles. The molecule has 14 heavy (non-hydrogen) atoms. The van der Waals surface area contributed by atoms with Gasteiger partial charge in [-0.15, -0.1) is 0 Å². The summed E-state index contributed by atoms with van der Waals surface area (Å²) in [6.45, 7) is 1.13. The molecule has 0 rings (SSSR count). The van der Waals surface area contributed by atoms with Gasteiger partial charge < -0.3 is 0 Å². The molecular formula is C6H6F7I. The topological polar surface area (TPSA) is 0 Å². The molecule has 0 fully saturated rings. The van der Waals surface area contributed by atoms with Gasteiger partial charge >= 0.3 is 18.0 Å². The first-order valence-corrected chi connectivity index (χ1v) is 4.63. The van der Waals surface area contributed by atoms with E-state index >= 15 is 0 Å². The molecule has 86 valence electrons. The highest BCUT2D eigenvalue weighted by molar-refractivity contribution is 14.1. The number of rotatable bonds is 3. The van der Waals surface area contributed by atoms with Crippen molar-refractivity contribution in [2.75, 3.05) is 0 Å². The second-order valence-electron chi connectivity index (χ2n) is 2.76. The van der Waals surface area contributed by atoms with E-state index in [1.807, 2.05) is 0 Å². The summed E-state index contributed by atoms with van der Waals surface area (Å²) < 4.78 is 83.0. The van der Waals surface area contributed by atoms with Gasteiger partial charge in [0, 0.05) is 10.3 Å². The van der Waals surface area contributed by atoms with Crippen LogP contribution in [0.2, 0.25) is 0 Å². The fourth-order valence-electron chi connectivity index (χ4n) is 0.689. The van der Waals surface area contributed by atoms with Gasteiger partial charge in [-0.2, -0.15) is 30.7 Å². The minimum Gasteiger partial charge on any atom is -0.199 e. The summed E-state index contributed by atoms with van der Waals surface area (Å²) in [5, 5.41) is 0. The van der Waals surface area contributed by atoms with Gasteiger partial charge in [-0.1, -0.05) is 29.5 Å². The molecule has 8 heteroatoms. The molecule has 0 saturated carbocycles. The average Bonchev–Trinajstić information content (AvgIpc) is 1.80. The largest absolute Gasteiger partial charge is 0.459 e. The predicted molar refractivity (Wildman–Crippen MR) is 44.0 cm³/mol. The molecule has 0 amide bonds. The van der Waals surface area contributed by atoms with Gasteiger partial charge in [0.2, 0.25) is 0 Å².